The first-order chi connectivity index (χ1) is 14.1. The Bertz CT molecular complexity index is 902. The number of aromatic nitrogens is 1. The summed E-state index contributed by atoms with van der Waals surface area (Å²) in [5, 5.41) is 1.99. The largest absolute Gasteiger partial charge is 0.487 e. The van der Waals surface area contributed by atoms with Gasteiger partial charge in [-0.05, 0) is 49.9 Å². The number of thiophene rings is 1. The van der Waals surface area contributed by atoms with Gasteiger partial charge in [0.2, 0.25) is 5.89 Å². The van der Waals surface area contributed by atoms with Gasteiger partial charge in [0.05, 0.1) is 11.5 Å². The monoisotopic (exact) mass is 415 g/mol. The van der Waals surface area contributed by atoms with Gasteiger partial charge in [-0.3, -0.25) is 0 Å². The fourth-order valence-corrected chi connectivity index (χ4v) is 3.45. The molecular formula is C22H25NO5S. The summed E-state index contributed by atoms with van der Waals surface area (Å²) in [4.78, 5) is 17.5. The van der Waals surface area contributed by atoms with Crippen molar-refractivity contribution < 1.29 is 23.4 Å². The molecule has 1 atom stereocenters. The lowest BCUT2D eigenvalue weighted by molar-refractivity contribution is -0.156. The fourth-order valence-electron chi connectivity index (χ4n) is 2.80. The molecule has 2 aromatic heterocycles. The molecule has 0 bridgehead atoms. The predicted octanol–water partition coefficient (Wildman–Crippen LogP) is 4.80. The average Bonchev–Trinajstić information content (AvgIpc) is 3.37. The molecule has 0 amide bonds. The molecule has 0 N–H and O–H groups in total. The minimum absolute atomic E-state index is 0.324. The summed E-state index contributed by atoms with van der Waals surface area (Å²) >= 11 is 1.59. The first-order valence-electron chi connectivity index (χ1n) is 9.60. The van der Waals surface area contributed by atoms with Gasteiger partial charge in [-0.2, -0.15) is 0 Å². The summed E-state index contributed by atoms with van der Waals surface area (Å²) in [7, 11) is 0. The maximum Gasteiger partial charge on any atom is 0.335 e. The van der Waals surface area contributed by atoms with E-state index >= 15 is 0 Å². The van der Waals surface area contributed by atoms with Crippen molar-refractivity contribution in [2.75, 3.05) is 13.2 Å². The molecule has 29 heavy (non-hydrogen) atoms. The van der Waals surface area contributed by atoms with E-state index in [1.807, 2.05) is 55.6 Å². The van der Waals surface area contributed by atoms with Crippen LogP contribution in [0.25, 0.3) is 10.8 Å². The molecular weight excluding hydrogens is 390 g/mol. The second kappa shape index (κ2) is 10.2. The first-order valence-corrected chi connectivity index (χ1v) is 10.5. The summed E-state index contributed by atoms with van der Waals surface area (Å²) in [5.41, 5.74) is 1.75. The highest BCUT2D eigenvalue weighted by atomic mass is 32.1. The lowest BCUT2D eigenvalue weighted by Gasteiger charge is -2.15. The molecule has 3 aromatic rings. The van der Waals surface area contributed by atoms with E-state index in [4.69, 9.17) is 18.6 Å². The van der Waals surface area contributed by atoms with Gasteiger partial charge < -0.3 is 18.6 Å². The third kappa shape index (κ3) is 5.68. The van der Waals surface area contributed by atoms with E-state index in [-0.39, 0.29) is 5.97 Å². The number of hydrogen-bond acceptors (Lipinski definition) is 7. The van der Waals surface area contributed by atoms with Crippen molar-refractivity contribution in [3.8, 4) is 16.5 Å². The summed E-state index contributed by atoms with van der Waals surface area (Å²) in [6.07, 6.45) is -0.139. The number of hydrogen-bond donors (Lipinski definition) is 0. The minimum atomic E-state index is -0.597. The Labute approximate surface area is 174 Å². The SMILES string of the molecule is CCOC(=O)[C@@H](Cc1ccc(OCc2nc(-c3cccs3)oc2C)cc1)OCC. The molecule has 0 aliphatic rings. The zero-order valence-electron chi connectivity index (χ0n) is 16.8. The normalized spacial score (nSPS) is 12.0. The van der Waals surface area contributed by atoms with Gasteiger partial charge in [0, 0.05) is 13.0 Å². The summed E-state index contributed by atoms with van der Waals surface area (Å²) in [6, 6.07) is 11.5. The zero-order valence-corrected chi connectivity index (χ0v) is 17.7. The van der Waals surface area contributed by atoms with Crippen molar-refractivity contribution in [1.82, 2.24) is 4.98 Å². The van der Waals surface area contributed by atoms with Gasteiger partial charge in [0.1, 0.15) is 23.8 Å². The van der Waals surface area contributed by atoms with E-state index < -0.39 is 6.10 Å². The second-order valence-corrected chi connectivity index (χ2v) is 7.28. The predicted molar refractivity (Wildman–Crippen MR) is 111 cm³/mol. The number of carbonyl (C=O) groups is 1. The van der Waals surface area contributed by atoms with E-state index in [1.165, 1.54) is 0 Å². The van der Waals surface area contributed by atoms with Gasteiger partial charge in [0.25, 0.3) is 0 Å². The minimum Gasteiger partial charge on any atom is -0.487 e. The fraction of sp³-hybridized carbons (Fsp3) is 0.364. The molecule has 3 rings (SSSR count). The maximum absolute atomic E-state index is 12.0. The Balaban J connectivity index is 1.58. The number of ether oxygens (including phenoxy) is 3. The van der Waals surface area contributed by atoms with E-state index in [9.17, 15) is 4.79 Å². The van der Waals surface area contributed by atoms with Crippen LogP contribution in [0.2, 0.25) is 0 Å². The molecule has 0 radical (unpaired) electrons. The van der Waals surface area contributed by atoms with Crippen LogP contribution in [0.1, 0.15) is 30.9 Å². The van der Waals surface area contributed by atoms with Gasteiger partial charge in [-0.15, -0.1) is 11.3 Å². The van der Waals surface area contributed by atoms with E-state index in [1.54, 1.807) is 18.3 Å². The molecule has 0 saturated carbocycles. The molecule has 7 heteroatoms. The van der Waals surface area contributed by atoms with Crippen molar-refractivity contribution in [3.63, 3.8) is 0 Å². The lowest BCUT2D eigenvalue weighted by Crippen LogP contribution is -2.28. The number of rotatable bonds is 10. The molecule has 1 aromatic carbocycles. The molecule has 154 valence electrons. The lowest BCUT2D eigenvalue weighted by atomic mass is 10.1. The number of oxazole rings is 1. The van der Waals surface area contributed by atoms with Crippen LogP contribution >= 0.6 is 11.3 Å². The Morgan fingerprint density at radius 2 is 1.97 bits per heavy atom. The van der Waals surface area contributed by atoms with Crippen LogP contribution in [0.4, 0.5) is 0 Å². The highest BCUT2D eigenvalue weighted by Gasteiger charge is 2.20. The van der Waals surface area contributed by atoms with Crippen LogP contribution in [-0.4, -0.2) is 30.3 Å². The average molecular weight is 416 g/mol. The Morgan fingerprint density at radius 1 is 1.17 bits per heavy atom. The number of nitrogens with zero attached hydrogens (tertiary/aromatic N) is 1. The van der Waals surface area contributed by atoms with Crippen LogP contribution in [-0.2, 0) is 27.3 Å². The Morgan fingerprint density at radius 3 is 2.62 bits per heavy atom. The van der Waals surface area contributed by atoms with Crippen LogP contribution in [0.15, 0.2) is 46.2 Å². The molecule has 0 saturated heterocycles. The summed E-state index contributed by atoms with van der Waals surface area (Å²) < 4.78 is 22.2. The number of carbonyl (C=O) groups excluding carboxylic acids is 1. The van der Waals surface area contributed by atoms with Crippen LogP contribution in [0, 0.1) is 6.92 Å². The smallest absolute Gasteiger partial charge is 0.335 e. The topological polar surface area (TPSA) is 70.8 Å². The molecule has 0 unspecified atom stereocenters. The summed E-state index contributed by atoms with van der Waals surface area (Å²) in [5.74, 6) is 1.75. The number of aryl methyl sites for hydroxylation is 1. The highest BCUT2D eigenvalue weighted by molar-refractivity contribution is 7.13. The molecule has 0 aliphatic heterocycles. The highest BCUT2D eigenvalue weighted by Crippen LogP contribution is 2.26. The van der Waals surface area contributed by atoms with Gasteiger partial charge >= 0.3 is 5.97 Å². The van der Waals surface area contributed by atoms with Crippen molar-refractivity contribution in [2.24, 2.45) is 0 Å². The van der Waals surface area contributed by atoms with Crippen molar-refractivity contribution >= 4 is 17.3 Å². The second-order valence-electron chi connectivity index (χ2n) is 6.33. The molecule has 0 spiro atoms. The quantitative estimate of drug-likeness (QED) is 0.443. The number of benzene rings is 1. The molecule has 6 nitrogen and oxygen atoms in total. The van der Waals surface area contributed by atoms with Gasteiger partial charge in [-0.1, -0.05) is 18.2 Å². The van der Waals surface area contributed by atoms with Crippen molar-refractivity contribution in [2.45, 2.75) is 39.9 Å². The molecule has 0 aliphatic carbocycles. The Kier molecular flexibility index (Phi) is 7.43. The maximum atomic E-state index is 12.0. The third-order valence-electron chi connectivity index (χ3n) is 4.26. The van der Waals surface area contributed by atoms with E-state index in [0.717, 1.165) is 27.6 Å². The van der Waals surface area contributed by atoms with E-state index in [0.29, 0.717) is 32.1 Å². The third-order valence-corrected chi connectivity index (χ3v) is 5.12. The van der Waals surface area contributed by atoms with E-state index in [2.05, 4.69) is 4.98 Å². The first kappa shape index (κ1) is 21.1. The van der Waals surface area contributed by atoms with Gasteiger partial charge in [-0.25, -0.2) is 9.78 Å². The van der Waals surface area contributed by atoms with Crippen LogP contribution in [0.5, 0.6) is 5.75 Å². The molecule has 2 heterocycles. The number of esters is 1. The van der Waals surface area contributed by atoms with Crippen molar-refractivity contribution in [1.29, 1.82) is 0 Å². The van der Waals surface area contributed by atoms with Gasteiger partial charge in [0.15, 0.2) is 6.10 Å². The zero-order chi connectivity index (χ0) is 20.6. The summed E-state index contributed by atoms with van der Waals surface area (Å²) in [6.45, 7) is 6.64. The molecule has 0 fully saturated rings. The van der Waals surface area contributed by atoms with Crippen LogP contribution < -0.4 is 4.74 Å². The van der Waals surface area contributed by atoms with Crippen molar-refractivity contribution in [3.05, 3.63) is 58.8 Å². The van der Waals surface area contributed by atoms with Crippen LogP contribution in [0.3, 0.4) is 0 Å². The standard InChI is InChI=1S/C22H25NO5S/c1-4-25-19(22(24)26-5-2)13-16-8-10-17(11-9-16)27-14-18-15(3)28-21(23-18)20-7-6-12-29-20/h6-12,19H,4-5,13-14H2,1-3H3/t19-/m1/s1. The Hall–Kier alpha value is -2.64.